The molecule has 1 N–H and O–H groups in total. The molecule has 1 atom stereocenters. The van der Waals surface area contributed by atoms with Gasteiger partial charge in [0.2, 0.25) is 5.91 Å². The van der Waals surface area contributed by atoms with E-state index >= 15 is 0 Å². The number of amides is 1. The monoisotopic (exact) mass is 292 g/mol. The molecule has 2 saturated heterocycles. The van der Waals surface area contributed by atoms with Crippen molar-refractivity contribution in [3.8, 4) is 0 Å². The molecule has 0 aromatic heterocycles. The van der Waals surface area contributed by atoms with Crippen LogP contribution < -0.4 is 5.32 Å². The van der Waals surface area contributed by atoms with Gasteiger partial charge in [0.15, 0.2) is 0 Å². The zero-order chi connectivity index (χ0) is 12.5. The number of thioether (sulfide) groups is 1. The highest BCUT2D eigenvalue weighted by atomic mass is 35.5. The van der Waals surface area contributed by atoms with Crippen molar-refractivity contribution in [1.29, 1.82) is 0 Å². The summed E-state index contributed by atoms with van der Waals surface area (Å²) in [5.74, 6) is 1.41. The summed E-state index contributed by atoms with van der Waals surface area (Å²) in [5, 5.41) is 3.45. The van der Waals surface area contributed by atoms with Gasteiger partial charge in [0.25, 0.3) is 0 Å². The molecule has 18 heavy (non-hydrogen) atoms. The van der Waals surface area contributed by atoms with E-state index in [0.717, 1.165) is 44.6 Å². The summed E-state index contributed by atoms with van der Waals surface area (Å²) in [5.41, 5.74) is -0.252. The molecule has 2 rings (SSSR count). The molecule has 0 bridgehead atoms. The van der Waals surface area contributed by atoms with Crippen LogP contribution in [0.1, 0.15) is 40.0 Å². The lowest BCUT2D eigenvalue weighted by Gasteiger charge is -2.41. The third kappa shape index (κ3) is 3.14. The smallest absolute Gasteiger partial charge is 0.242 e. The standard InChI is InChI=1S/C13H24N2OS.ClH/c1-4-13(6-5-7-14-13)11(16)15-8-9-17-12(2,3)10-15;/h14H,4-10H2,1-3H3;1H. The van der Waals surface area contributed by atoms with Gasteiger partial charge in [-0.1, -0.05) is 6.92 Å². The lowest BCUT2D eigenvalue weighted by atomic mass is 9.92. The number of rotatable bonds is 2. The third-order valence-corrected chi connectivity index (χ3v) is 5.27. The van der Waals surface area contributed by atoms with Gasteiger partial charge in [-0.25, -0.2) is 0 Å². The maximum atomic E-state index is 12.7. The second-order valence-corrected chi connectivity index (χ2v) is 7.60. The van der Waals surface area contributed by atoms with Gasteiger partial charge in [0.1, 0.15) is 0 Å². The Labute approximate surface area is 121 Å². The number of carbonyl (C=O) groups is 1. The third-order valence-electron chi connectivity index (χ3n) is 3.97. The van der Waals surface area contributed by atoms with Gasteiger partial charge in [0.05, 0.1) is 5.54 Å². The van der Waals surface area contributed by atoms with Crippen molar-refractivity contribution in [3.05, 3.63) is 0 Å². The Bertz CT molecular complexity index is 303. The van der Waals surface area contributed by atoms with Crippen LogP contribution in [-0.2, 0) is 4.79 Å². The predicted molar refractivity (Wildman–Crippen MR) is 80.6 cm³/mol. The van der Waals surface area contributed by atoms with Crippen LogP contribution >= 0.6 is 24.2 Å². The first-order chi connectivity index (χ1) is 7.99. The fourth-order valence-corrected chi connectivity index (χ4v) is 4.05. The summed E-state index contributed by atoms with van der Waals surface area (Å²) in [7, 11) is 0. The first kappa shape index (κ1) is 16.1. The summed E-state index contributed by atoms with van der Waals surface area (Å²) in [6, 6.07) is 0. The first-order valence-electron chi connectivity index (χ1n) is 6.67. The van der Waals surface area contributed by atoms with Crippen molar-refractivity contribution in [1.82, 2.24) is 10.2 Å². The number of hydrogen-bond acceptors (Lipinski definition) is 3. The van der Waals surface area contributed by atoms with Crippen LogP contribution in [0.25, 0.3) is 0 Å². The highest BCUT2D eigenvalue weighted by molar-refractivity contribution is 8.00. The van der Waals surface area contributed by atoms with E-state index < -0.39 is 0 Å². The predicted octanol–water partition coefficient (Wildman–Crippen LogP) is 2.29. The van der Waals surface area contributed by atoms with E-state index in [4.69, 9.17) is 0 Å². The second kappa shape index (κ2) is 6.02. The molecular formula is C13H25ClN2OS. The first-order valence-corrected chi connectivity index (χ1v) is 7.66. The second-order valence-electron chi connectivity index (χ2n) is 5.80. The molecule has 3 nitrogen and oxygen atoms in total. The van der Waals surface area contributed by atoms with Crippen LogP contribution in [0.15, 0.2) is 0 Å². The van der Waals surface area contributed by atoms with Crippen LogP contribution in [-0.4, -0.2) is 46.5 Å². The summed E-state index contributed by atoms with van der Waals surface area (Å²) < 4.78 is 0.210. The van der Waals surface area contributed by atoms with E-state index in [1.165, 1.54) is 0 Å². The Kier molecular flexibility index (Phi) is 5.39. The summed E-state index contributed by atoms with van der Waals surface area (Å²) in [6.45, 7) is 9.39. The fraction of sp³-hybridized carbons (Fsp3) is 0.923. The van der Waals surface area contributed by atoms with Crippen LogP contribution in [0.4, 0.5) is 0 Å². The molecule has 0 aromatic carbocycles. The van der Waals surface area contributed by atoms with Crippen molar-refractivity contribution in [2.75, 3.05) is 25.4 Å². The van der Waals surface area contributed by atoms with E-state index in [-0.39, 0.29) is 22.7 Å². The van der Waals surface area contributed by atoms with Gasteiger partial charge >= 0.3 is 0 Å². The molecule has 2 heterocycles. The Morgan fingerprint density at radius 2 is 2.17 bits per heavy atom. The van der Waals surface area contributed by atoms with E-state index in [1.807, 2.05) is 11.8 Å². The maximum absolute atomic E-state index is 12.7. The van der Waals surface area contributed by atoms with Gasteiger partial charge in [-0.05, 0) is 39.7 Å². The molecule has 1 unspecified atom stereocenters. The normalized spacial score (nSPS) is 30.9. The zero-order valence-electron chi connectivity index (χ0n) is 11.6. The van der Waals surface area contributed by atoms with Crippen LogP contribution in [0, 0.1) is 0 Å². The van der Waals surface area contributed by atoms with Gasteiger partial charge in [-0.2, -0.15) is 11.8 Å². The zero-order valence-corrected chi connectivity index (χ0v) is 13.3. The molecular weight excluding hydrogens is 268 g/mol. The lowest BCUT2D eigenvalue weighted by molar-refractivity contribution is -0.138. The molecule has 0 aliphatic carbocycles. The van der Waals surface area contributed by atoms with Crippen molar-refractivity contribution >= 4 is 30.1 Å². The summed E-state index contributed by atoms with van der Waals surface area (Å²) in [4.78, 5) is 14.8. The number of nitrogens with one attached hydrogen (secondary N) is 1. The molecule has 0 radical (unpaired) electrons. The van der Waals surface area contributed by atoms with Gasteiger partial charge < -0.3 is 10.2 Å². The minimum absolute atomic E-state index is 0. The van der Waals surface area contributed by atoms with E-state index in [9.17, 15) is 4.79 Å². The number of halogens is 1. The highest BCUT2D eigenvalue weighted by Crippen LogP contribution is 2.32. The molecule has 0 aromatic rings. The minimum atomic E-state index is -0.252. The van der Waals surface area contributed by atoms with Crippen molar-refractivity contribution in [2.45, 2.75) is 50.3 Å². The van der Waals surface area contributed by atoms with Gasteiger partial charge in [-0.15, -0.1) is 12.4 Å². The number of hydrogen-bond donors (Lipinski definition) is 1. The Hall–Kier alpha value is 0.0700. The van der Waals surface area contributed by atoms with E-state index in [2.05, 4.69) is 31.0 Å². The van der Waals surface area contributed by atoms with Crippen molar-refractivity contribution in [3.63, 3.8) is 0 Å². The Balaban J connectivity index is 0.00000162. The summed E-state index contributed by atoms with van der Waals surface area (Å²) in [6.07, 6.45) is 3.05. The van der Waals surface area contributed by atoms with E-state index in [0.29, 0.717) is 5.91 Å². The molecule has 5 heteroatoms. The van der Waals surface area contributed by atoms with Crippen molar-refractivity contribution in [2.24, 2.45) is 0 Å². The molecule has 0 saturated carbocycles. The molecule has 106 valence electrons. The highest BCUT2D eigenvalue weighted by Gasteiger charge is 2.43. The van der Waals surface area contributed by atoms with Gasteiger partial charge in [-0.3, -0.25) is 4.79 Å². The topological polar surface area (TPSA) is 32.3 Å². The number of nitrogens with zero attached hydrogens (tertiary/aromatic N) is 1. The minimum Gasteiger partial charge on any atom is -0.339 e. The maximum Gasteiger partial charge on any atom is 0.242 e. The molecule has 0 spiro atoms. The summed E-state index contributed by atoms with van der Waals surface area (Å²) >= 11 is 1.98. The average Bonchev–Trinajstić information content (AvgIpc) is 2.76. The Morgan fingerprint density at radius 1 is 1.44 bits per heavy atom. The van der Waals surface area contributed by atoms with Crippen LogP contribution in [0.5, 0.6) is 0 Å². The molecule has 1 amide bonds. The van der Waals surface area contributed by atoms with Crippen LogP contribution in [0.3, 0.4) is 0 Å². The molecule has 2 aliphatic heterocycles. The fourth-order valence-electron chi connectivity index (χ4n) is 2.93. The Morgan fingerprint density at radius 3 is 2.67 bits per heavy atom. The quantitative estimate of drug-likeness (QED) is 0.848. The van der Waals surface area contributed by atoms with Gasteiger partial charge in [0, 0.05) is 23.6 Å². The lowest BCUT2D eigenvalue weighted by Crippen LogP contribution is -2.58. The number of carbonyl (C=O) groups excluding carboxylic acids is 1. The van der Waals surface area contributed by atoms with Crippen LogP contribution in [0.2, 0.25) is 0 Å². The average molecular weight is 293 g/mol. The van der Waals surface area contributed by atoms with E-state index in [1.54, 1.807) is 0 Å². The largest absolute Gasteiger partial charge is 0.339 e. The molecule has 2 fully saturated rings. The van der Waals surface area contributed by atoms with Crippen molar-refractivity contribution < 1.29 is 4.79 Å². The molecule has 2 aliphatic rings. The SMILES string of the molecule is CCC1(C(=O)N2CCSC(C)(C)C2)CCCN1.Cl.